The first-order chi connectivity index (χ1) is 16.0. The molecule has 1 saturated heterocycles. The number of rotatable bonds is 3. The van der Waals surface area contributed by atoms with Gasteiger partial charge in [-0.05, 0) is 43.2 Å². The zero-order valence-electron chi connectivity index (χ0n) is 18.7. The zero-order valence-corrected chi connectivity index (χ0v) is 20.3. The third-order valence-corrected chi connectivity index (χ3v) is 7.70. The molecule has 7 heteroatoms. The summed E-state index contributed by atoms with van der Waals surface area (Å²) < 4.78 is 33.2. The quantitative estimate of drug-likeness (QED) is 0.322. The lowest BCUT2D eigenvalue weighted by molar-refractivity contribution is -0.123. The van der Waals surface area contributed by atoms with Crippen molar-refractivity contribution in [3.05, 3.63) is 52.6 Å². The maximum atomic E-state index is 13.6. The minimum absolute atomic E-state index is 0.0622. The summed E-state index contributed by atoms with van der Waals surface area (Å²) in [5.41, 5.74) is 0.439. The number of carbonyl (C=O) groups excluding carboxylic acids is 1. The van der Waals surface area contributed by atoms with Gasteiger partial charge in [0, 0.05) is 17.7 Å². The molecular formula is C26H29F2NO2S2. The second-order valence-electron chi connectivity index (χ2n) is 8.80. The predicted molar refractivity (Wildman–Crippen MR) is 134 cm³/mol. The topological polar surface area (TPSA) is 33.5 Å². The number of amides is 1. The molecule has 4 rings (SSSR count). The minimum atomic E-state index is -0.927. The van der Waals surface area contributed by atoms with Gasteiger partial charge in [0.1, 0.15) is 15.8 Å². The van der Waals surface area contributed by atoms with Crippen LogP contribution in [0.15, 0.2) is 39.7 Å². The Hall–Kier alpha value is -1.99. The Labute approximate surface area is 203 Å². The van der Waals surface area contributed by atoms with Gasteiger partial charge in [-0.25, -0.2) is 8.78 Å². The van der Waals surface area contributed by atoms with Crippen LogP contribution in [0, 0.1) is 11.6 Å². The summed E-state index contributed by atoms with van der Waals surface area (Å²) >= 11 is 6.91. The molecule has 0 spiro atoms. The van der Waals surface area contributed by atoms with Gasteiger partial charge in [-0.15, -0.1) is 0 Å². The standard InChI is InChI=1S/C26H29F2NO2S2/c27-21-14-12-18(16-22(21)28)23-15-13-20(31-23)17-24-25(30)29(26(32)33-24)19-10-8-6-4-2-1-3-5-7-9-11-19/h12-17,19H,1-11H2/b24-17-. The predicted octanol–water partition coefficient (Wildman–Crippen LogP) is 8.10. The Morgan fingerprint density at radius 3 is 2.18 bits per heavy atom. The summed E-state index contributed by atoms with van der Waals surface area (Å²) in [5.74, 6) is -0.999. The Balaban J connectivity index is 1.47. The van der Waals surface area contributed by atoms with Crippen molar-refractivity contribution in [1.29, 1.82) is 0 Å². The molecule has 1 aromatic carbocycles. The molecule has 176 valence electrons. The molecule has 1 aromatic heterocycles. The lowest BCUT2D eigenvalue weighted by atomic mass is 9.97. The number of hydrogen-bond acceptors (Lipinski definition) is 4. The van der Waals surface area contributed by atoms with E-state index in [0.29, 0.717) is 26.3 Å². The highest BCUT2D eigenvalue weighted by Gasteiger charge is 2.36. The molecule has 3 nitrogen and oxygen atoms in total. The van der Waals surface area contributed by atoms with E-state index in [-0.39, 0.29) is 11.9 Å². The lowest BCUT2D eigenvalue weighted by Crippen LogP contribution is -2.38. The smallest absolute Gasteiger partial charge is 0.266 e. The summed E-state index contributed by atoms with van der Waals surface area (Å²) in [4.78, 5) is 15.6. The Bertz CT molecular complexity index is 1020. The van der Waals surface area contributed by atoms with Crippen LogP contribution in [0.3, 0.4) is 0 Å². The molecule has 1 saturated carbocycles. The van der Waals surface area contributed by atoms with E-state index in [2.05, 4.69) is 0 Å². The molecule has 0 atom stereocenters. The van der Waals surface area contributed by atoms with E-state index >= 15 is 0 Å². The van der Waals surface area contributed by atoms with Crippen LogP contribution >= 0.6 is 24.0 Å². The highest BCUT2D eigenvalue weighted by atomic mass is 32.2. The molecule has 2 heterocycles. The Kier molecular flexibility index (Phi) is 8.36. The van der Waals surface area contributed by atoms with Crippen molar-refractivity contribution in [2.75, 3.05) is 0 Å². The summed E-state index contributed by atoms with van der Waals surface area (Å²) in [5, 5.41) is 0. The van der Waals surface area contributed by atoms with E-state index in [4.69, 9.17) is 16.6 Å². The maximum Gasteiger partial charge on any atom is 0.266 e. The second-order valence-corrected chi connectivity index (χ2v) is 10.5. The molecule has 0 N–H and O–H groups in total. The van der Waals surface area contributed by atoms with E-state index in [1.165, 1.54) is 62.8 Å². The van der Waals surface area contributed by atoms with Crippen LogP contribution < -0.4 is 0 Å². The van der Waals surface area contributed by atoms with E-state index in [1.807, 2.05) is 4.90 Å². The van der Waals surface area contributed by atoms with E-state index in [0.717, 1.165) is 37.8 Å². The minimum Gasteiger partial charge on any atom is -0.457 e. The number of furan rings is 1. The van der Waals surface area contributed by atoms with E-state index < -0.39 is 11.6 Å². The van der Waals surface area contributed by atoms with Crippen LogP contribution in [0.25, 0.3) is 17.4 Å². The van der Waals surface area contributed by atoms with Crippen molar-refractivity contribution in [3.63, 3.8) is 0 Å². The van der Waals surface area contributed by atoms with E-state index in [1.54, 1.807) is 18.2 Å². The molecule has 0 unspecified atom stereocenters. The summed E-state index contributed by atoms with van der Waals surface area (Å²) in [6, 6.07) is 7.19. The highest BCUT2D eigenvalue weighted by molar-refractivity contribution is 8.26. The van der Waals surface area contributed by atoms with Crippen molar-refractivity contribution in [3.8, 4) is 11.3 Å². The van der Waals surface area contributed by atoms with Crippen molar-refractivity contribution < 1.29 is 18.0 Å². The molecule has 2 fully saturated rings. The van der Waals surface area contributed by atoms with Gasteiger partial charge < -0.3 is 4.42 Å². The molecule has 33 heavy (non-hydrogen) atoms. The van der Waals surface area contributed by atoms with Crippen LogP contribution in [0.1, 0.15) is 76.4 Å². The molecular weight excluding hydrogens is 460 g/mol. The average molecular weight is 490 g/mol. The molecule has 0 bridgehead atoms. The van der Waals surface area contributed by atoms with Crippen molar-refractivity contribution >= 4 is 40.3 Å². The van der Waals surface area contributed by atoms with Crippen LogP contribution in [-0.2, 0) is 4.79 Å². The highest BCUT2D eigenvalue weighted by Crippen LogP contribution is 2.37. The number of thiocarbonyl (C=S) groups is 1. The first-order valence-corrected chi connectivity index (χ1v) is 13.1. The maximum absolute atomic E-state index is 13.6. The van der Waals surface area contributed by atoms with Crippen molar-refractivity contribution in [1.82, 2.24) is 4.90 Å². The molecule has 1 aliphatic carbocycles. The molecule has 0 radical (unpaired) electrons. The normalized spacial score (nSPS) is 20.8. The summed E-state index contributed by atoms with van der Waals surface area (Å²) in [6.45, 7) is 0. The van der Waals surface area contributed by atoms with E-state index in [9.17, 15) is 13.6 Å². The molecule has 1 amide bonds. The van der Waals surface area contributed by atoms with Crippen LogP contribution in [0.4, 0.5) is 8.78 Å². The fourth-order valence-electron chi connectivity index (χ4n) is 4.56. The number of thioether (sulfide) groups is 1. The lowest BCUT2D eigenvalue weighted by Gasteiger charge is -2.27. The first-order valence-electron chi connectivity index (χ1n) is 11.9. The Morgan fingerprint density at radius 1 is 0.909 bits per heavy atom. The van der Waals surface area contributed by atoms with Gasteiger partial charge in [0.05, 0.1) is 4.91 Å². The van der Waals surface area contributed by atoms with Gasteiger partial charge >= 0.3 is 0 Å². The average Bonchev–Trinajstić information content (AvgIpc) is 3.35. The number of benzene rings is 1. The first kappa shape index (κ1) is 24.1. The largest absolute Gasteiger partial charge is 0.457 e. The number of halogens is 2. The molecule has 1 aliphatic heterocycles. The van der Waals surface area contributed by atoms with Gasteiger partial charge in [0.15, 0.2) is 11.6 Å². The van der Waals surface area contributed by atoms with Crippen molar-refractivity contribution in [2.24, 2.45) is 0 Å². The molecule has 2 aliphatic rings. The van der Waals surface area contributed by atoms with Crippen LogP contribution in [-0.4, -0.2) is 21.2 Å². The summed E-state index contributed by atoms with van der Waals surface area (Å²) in [7, 11) is 0. The third kappa shape index (κ3) is 6.12. The molecule has 2 aromatic rings. The SMILES string of the molecule is O=C1/C(=C/c2ccc(-c3ccc(F)c(F)c3)o2)SC(=S)N1C1CCCCCCCCCCC1. The number of carbonyl (C=O) groups is 1. The Morgan fingerprint density at radius 2 is 1.55 bits per heavy atom. The third-order valence-electron chi connectivity index (χ3n) is 6.37. The second kappa shape index (κ2) is 11.4. The van der Waals surface area contributed by atoms with Gasteiger partial charge in [-0.3, -0.25) is 9.69 Å². The number of nitrogens with zero attached hydrogens (tertiary/aromatic N) is 1. The fraction of sp³-hybridized carbons (Fsp3) is 0.462. The fourth-order valence-corrected chi connectivity index (χ4v) is 5.94. The van der Waals surface area contributed by atoms with Crippen LogP contribution in [0.5, 0.6) is 0 Å². The number of hydrogen-bond donors (Lipinski definition) is 0. The van der Waals surface area contributed by atoms with Gasteiger partial charge in [0.25, 0.3) is 5.91 Å². The monoisotopic (exact) mass is 489 g/mol. The van der Waals surface area contributed by atoms with Gasteiger partial charge in [-0.1, -0.05) is 81.8 Å². The van der Waals surface area contributed by atoms with Gasteiger partial charge in [0.2, 0.25) is 0 Å². The van der Waals surface area contributed by atoms with Crippen LogP contribution in [0.2, 0.25) is 0 Å². The summed E-state index contributed by atoms with van der Waals surface area (Å²) in [6.07, 6.45) is 14.8. The zero-order chi connectivity index (χ0) is 23.2. The van der Waals surface area contributed by atoms with Crippen molar-refractivity contribution in [2.45, 2.75) is 76.7 Å². The van der Waals surface area contributed by atoms with Gasteiger partial charge in [-0.2, -0.15) is 0 Å².